The lowest BCUT2D eigenvalue weighted by Crippen LogP contribution is -1.97. The van der Waals surface area contributed by atoms with E-state index in [-0.39, 0.29) is 0 Å². The summed E-state index contributed by atoms with van der Waals surface area (Å²) in [5.41, 5.74) is 12.6. The first-order valence-electron chi connectivity index (χ1n) is 18.3. The minimum Gasteiger partial charge on any atom is -0.248 e. The highest BCUT2D eigenvalue weighted by atomic mass is 14.9. The van der Waals surface area contributed by atoms with Gasteiger partial charge >= 0.3 is 0 Å². The van der Waals surface area contributed by atoms with E-state index in [4.69, 9.17) is 15.0 Å². The van der Waals surface area contributed by atoms with Crippen molar-refractivity contribution in [2.24, 2.45) is 0 Å². The van der Waals surface area contributed by atoms with E-state index in [1.807, 2.05) is 18.2 Å². The lowest BCUT2D eigenvalue weighted by atomic mass is 9.91. The molecule has 10 aromatic rings. The molecular weight excluding hydrogens is 655 g/mol. The Bertz CT molecular complexity index is 2900. The molecule has 0 radical (unpaired) electrons. The number of aromatic nitrogens is 3. The Morgan fingerprint density at radius 3 is 1.33 bits per heavy atom. The second-order valence-electron chi connectivity index (χ2n) is 13.6. The quantitative estimate of drug-likeness (QED) is 0.163. The molecule has 0 fully saturated rings. The van der Waals surface area contributed by atoms with Gasteiger partial charge in [0.15, 0.2) is 5.82 Å². The van der Waals surface area contributed by atoms with Crippen molar-refractivity contribution in [2.45, 2.75) is 0 Å². The second-order valence-corrected chi connectivity index (χ2v) is 13.6. The molecule has 0 aliphatic rings. The first kappa shape index (κ1) is 31.5. The Morgan fingerprint density at radius 2 is 0.741 bits per heavy atom. The molecule has 0 aliphatic carbocycles. The van der Waals surface area contributed by atoms with Crippen LogP contribution >= 0.6 is 0 Å². The highest BCUT2D eigenvalue weighted by Gasteiger charge is 2.17. The van der Waals surface area contributed by atoms with Crippen LogP contribution in [-0.4, -0.2) is 15.0 Å². The molecule has 3 nitrogen and oxygen atoms in total. The van der Waals surface area contributed by atoms with E-state index in [2.05, 4.69) is 182 Å². The number of nitrogens with zero attached hydrogens (tertiary/aromatic N) is 3. The summed E-state index contributed by atoms with van der Waals surface area (Å²) in [6.45, 7) is 0. The van der Waals surface area contributed by atoms with Gasteiger partial charge in [-0.1, -0.05) is 176 Å². The van der Waals surface area contributed by atoms with Gasteiger partial charge in [-0.25, -0.2) is 15.0 Å². The van der Waals surface area contributed by atoms with E-state index in [1.54, 1.807) is 0 Å². The van der Waals surface area contributed by atoms with Gasteiger partial charge in [-0.15, -0.1) is 0 Å². The summed E-state index contributed by atoms with van der Waals surface area (Å²) < 4.78 is 0. The van der Waals surface area contributed by atoms with Gasteiger partial charge in [-0.2, -0.15) is 0 Å². The van der Waals surface area contributed by atoms with Gasteiger partial charge < -0.3 is 0 Å². The molecule has 0 bridgehead atoms. The largest absolute Gasteiger partial charge is 0.248 e. The Kier molecular flexibility index (Phi) is 7.81. The average Bonchev–Trinajstić information content (AvgIpc) is 3.26. The van der Waals surface area contributed by atoms with E-state index in [0.717, 1.165) is 66.8 Å². The van der Waals surface area contributed by atoms with Gasteiger partial charge in [-0.05, 0) is 68.1 Å². The van der Waals surface area contributed by atoms with Gasteiger partial charge in [0.25, 0.3) is 0 Å². The summed E-state index contributed by atoms with van der Waals surface area (Å²) in [5.74, 6) is 0.708. The van der Waals surface area contributed by atoms with Crippen LogP contribution in [0.25, 0.3) is 99.9 Å². The van der Waals surface area contributed by atoms with Crippen molar-refractivity contribution in [3.8, 4) is 67.4 Å². The van der Waals surface area contributed by atoms with Crippen LogP contribution < -0.4 is 0 Å². The van der Waals surface area contributed by atoms with Gasteiger partial charge in [0.1, 0.15) is 0 Å². The lowest BCUT2D eigenvalue weighted by molar-refractivity contribution is 1.19. The highest BCUT2D eigenvalue weighted by Crippen LogP contribution is 2.40. The zero-order chi connectivity index (χ0) is 35.8. The third kappa shape index (κ3) is 5.69. The Labute approximate surface area is 313 Å². The summed E-state index contributed by atoms with van der Waals surface area (Å²) in [6, 6.07) is 70.4. The van der Waals surface area contributed by atoms with Crippen LogP contribution in [0.5, 0.6) is 0 Å². The van der Waals surface area contributed by atoms with Crippen molar-refractivity contribution in [3.05, 3.63) is 200 Å². The van der Waals surface area contributed by atoms with Crippen LogP contribution in [0.3, 0.4) is 0 Å². The number of hydrogen-bond donors (Lipinski definition) is 0. The molecule has 0 amide bonds. The summed E-state index contributed by atoms with van der Waals surface area (Å²) in [5, 5.41) is 5.85. The monoisotopic (exact) mass is 687 g/mol. The molecule has 8 aromatic carbocycles. The fourth-order valence-electron chi connectivity index (χ4n) is 7.65. The van der Waals surface area contributed by atoms with Gasteiger partial charge in [0.05, 0.1) is 22.6 Å². The Hall–Kier alpha value is -7.23. The van der Waals surface area contributed by atoms with Crippen molar-refractivity contribution in [3.63, 3.8) is 0 Å². The Balaban J connectivity index is 1.10. The molecular formula is C51H33N3. The molecule has 54 heavy (non-hydrogen) atoms. The maximum absolute atomic E-state index is 5.16. The summed E-state index contributed by atoms with van der Waals surface area (Å²) >= 11 is 0. The van der Waals surface area contributed by atoms with Crippen molar-refractivity contribution < 1.29 is 0 Å². The predicted molar refractivity (Wildman–Crippen MR) is 225 cm³/mol. The minimum atomic E-state index is 0.708. The van der Waals surface area contributed by atoms with Crippen LogP contribution in [0.1, 0.15) is 0 Å². The molecule has 0 unspecified atom stereocenters. The topological polar surface area (TPSA) is 38.7 Å². The molecule has 0 atom stereocenters. The molecule has 0 N–H and O–H groups in total. The molecule has 2 aromatic heterocycles. The van der Waals surface area contributed by atoms with Crippen molar-refractivity contribution in [2.75, 3.05) is 0 Å². The fourth-order valence-corrected chi connectivity index (χ4v) is 7.65. The third-order valence-corrected chi connectivity index (χ3v) is 10.3. The van der Waals surface area contributed by atoms with E-state index >= 15 is 0 Å². The lowest BCUT2D eigenvalue weighted by Gasteiger charge is -2.15. The van der Waals surface area contributed by atoms with Crippen LogP contribution in [0, 0.1) is 0 Å². The first-order valence-corrected chi connectivity index (χ1v) is 18.3. The van der Waals surface area contributed by atoms with Crippen molar-refractivity contribution >= 4 is 32.4 Å². The van der Waals surface area contributed by atoms with E-state index in [9.17, 15) is 0 Å². The first-order chi connectivity index (χ1) is 26.8. The number of hydrogen-bond acceptors (Lipinski definition) is 3. The fraction of sp³-hybridized carbons (Fsp3) is 0. The number of benzene rings is 8. The summed E-state index contributed by atoms with van der Waals surface area (Å²) in [6.07, 6.45) is 0. The number of pyridine rings is 1. The van der Waals surface area contributed by atoms with Crippen molar-refractivity contribution in [1.29, 1.82) is 0 Å². The number of fused-ring (bicyclic) bond motifs is 4. The van der Waals surface area contributed by atoms with E-state index in [0.29, 0.717) is 5.82 Å². The molecule has 10 rings (SSSR count). The minimum absolute atomic E-state index is 0.708. The van der Waals surface area contributed by atoms with E-state index in [1.165, 1.54) is 27.3 Å². The van der Waals surface area contributed by atoms with Gasteiger partial charge in [0, 0.05) is 27.6 Å². The second kappa shape index (κ2) is 13.4. The maximum atomic E-state index is 5.16. The molecule has 0 aliphatic heterocycles. The zero-order valence-corrected chi connectivity index (χ0v) is 29.4. The molecule has 3 heteroatoms. The molecule has 0 spiro atoms. The molecule has 252 valence electrons. The highest BCUT2D eigenvalue weighted by molar-refractivity contribution is 6.14. The van der Waals surface area contributed by atoms with Crippen molar-refractivity contribution in [1.82, 2.24) is 15.0 Å². The molecule has 0 saturated carbocycles. The molecule has 0 saturated heterocycles. The predicted octanol–water partition coefficient (Wildman–Crippen LogP) is 13.3. The smallest absolute Gasteiger partial charge is 0.161 e. The van der Waals surface area contributed by atoms with Gasteiger partial charge in [-0.3, -0.25) is 0 Å². The number of rotatable bonds is 6. The standard InChI is InChI=1S/C51H33N3/c1-4-15-37(16-5-1)47-32-45(50-41-21-11-10-14-34(41)28-31-46(50)52-47)36-26-24-35(25-27-36)40-29-30-44(43-23-13-12-22-42(40)43)51-53-48(38-17-6-2-7-18-38)33-49(54-51)39-19-8-3-9-20-39/h1-33H. The molecule has 2 heterocycles. The maximum Gasteiger partial charge on any atom is 0.161 e. The summed E-state index contributed by atoms with van der Waals surface area (Å²) in [7, 11) is 0. The van der Waals surface area contributed by atoms with Crippen LogP contribution in [0.15, 0.2) is 200 Å². The zero-order valence-electron chi connectivity index (χ0n) is 29.4. The van der Waals surface area contributed by atoms with Crippen LogP contribution in [-0.2, 0) is 0 Å². The Morgan fingerprint density at radius 1 is 0.278 bits per heavy atom. The van der Waals surface area contributed by atoms with E-state index < -0.39 is 0 Å². The SMILES string of the molecule is c1ccc(-c2cc(-c3ccccc3)nc(-c3ccc(-c4ccc(-c5cc(-c6ccccc6)nc6ccc7ccccc7c56)cc4)c4ccccc34)n2)cc1. The van der Waals surface area contributed by atoms with Gasteiger partial charge in [0.2, 0.25) is 0 Å². The average molecular weight is 688 g/mol. The van der Waals surface area contributed by atoms with Crippen LogP contribution in [0.2, 0.25) is 0 Å². The summed E-state index contributed by atoms with van der Waals surface area (Å²) in [4.78, 5) is 15.5. The third-order valence-electron chi connectivity index (χ3n) is 10.3. The van der Waals surface area contributed by atoms with Crippen LogP contribution in [0.4, 0.5) is 0 Å². The normalized spacial score (nSPS) is 11.3.